The lowest BCUT2D eigenvalue weighted by Gasteiger charge is -2.62. The van der Waals surface area contributed by atoms with Gasteiger partial charge in [0.15, 0.2) is 0 Å². The van der Waals surface area contributed by atoms with Crippen LogP contribution in [0.3, 0.4) is 0 Å². The van der Waals surface area contributed by atoms with E-state index in [4.69, 9.17) is 16.3 Å². The molecule has 5 nitrogen and oxygen atoms in total. The minimum absolute atomic E-state index is 0.0619. The van der Waals surface area contributed by atoms with Gasteiger partial charge in [0.1, 0.15) is 6.10 Å². The molecule has 0 amide bonds. The van der Waals surface area contributed by atoms with Crippen LogP contribution in [0.4, 0.5) is 0 Å². The Hall–Kier alpha value is -0.360. The molecule has 0 aromatic carbocycles. The number of carbonyl (C=O) groups is 1. The van der Waals surface area contributed by atoms with Gasteiger partial charge in [-0.2, -0.15) is 0 Å². The van der Waals surface area contributed by atoms with Crippen LogP contribution < -0.4 is 0 Å². The normalized spacial score (nSPS) is 54.6. The van der Waals surface area contributed by atoms with E-state index < -0.39 is 17.6 Å². The molecule has 0 aliphatic heterocycles. The average molecular weight is 401 g/mol. The molecule has 0 aromatic heterocycles. The summed E-state index contributed by atoms with van der Waals surface area (Å²) in [5.41, 5.74) is -0.427. The predicted octanol–water partition coefficient (Wildman–Crippen LogP) is 2.48. The van der Waals surface area contributed by atoms with E-state index in [2.05, 4.69) is 6.92 Å². The fraction of sp³-hybridized carbons (Fsp3) is 0.952. The molecule has 0 radical (unpaired) electrons. The first-order valence-corrected chi connectivity index (χ1v) is 10.9. The number of ether oxygens (including phenoxy) is 1. The first kappa shape index (κ1) is 19.9. The van der Waals surface area contributed by atoms with Crippen molar-refractivity contribution in [1.29, 1.82) is 0 Å². The van der Waals surface area contributed by atoms with Crippen LogP contribution in [0.5, 0.6) is 0 Å². The van der Waals surface area contributed by atoms with E-state index >= 15 is 0 Å². The number of aliphatic hydroxyl groups excluding tert-OH is 3. The van der Waals surface area contributed by atoms with Crippen molar-refractivity contribution in [3.8, 4) is 0 Å². The van der Waals surface area contributed by atoms with Gasteiger partial charge in [-0.1, -0.05) is 6.92 Å². The molecule has 10 atom stereocenters. The van der Waals surface area contributed by atoms with Gasteiger partial charge in [0, 0.05) is 12.3 Å². The van der Waals surface area contributed by atoms with Crippen LogP contribution in [-0.4, -0.2) is 51.6 Å². The summed E-state index contributed by atoms with van der Waals surface area (Å²) in [6.07, 6.45) is 4.46. The monoisotopic (exact) mass is 400 g/mol. The fourth-order valence-electron chi connectivity index (χ4n) is 7.60. The molecular formula is C21H33ClO5. The highest BCUT2D eigenvalue weighted by Gasteiger charge is 2.66. The van der Waals surface area contributed by atoms with Crippen molar-refractivity contribution >= 4 is 17.6 Å². The summed E-state index contributed by atoms with van der Waals surface area (Å²) >= 11 is 6.63. The van der Waals surface area contributed by atoms with Gasteiger partial charge in [-0.15, -0.1) is 11.6 Å². The molecule has 4 rings (SSSR count). The third kappa shape index (κ3) is 2.87. The largest absolute Gasteiger partial charge is 0.460 e. The molecule has 4 unspecified atom stereocenters. The van der Waals surface area contributed by atoms with Crippen LogP contribution in [0.1, 0.15) is 58.8 Å². The number of fused-ring (bicyclic) bond motifs is 5. The Kier molecular flexibility index (Phi) is 5.06. The Bertz CT molecular complexity index is 599. The van der Waals surface area contributed by atoms with Crippen LogP contribution in [0, 0.1) is 34.5 Å². The average Bonchev–Trinajstić information content (AvgIpc) is 2.88. The predicted molar refractivity (Wildman–Crippen MR) is 101 cm³/mol. The summed E-state index contributed by atoms with van der Waals surface area (Å²) in [7, 11) is 0. The summed E-state index contributed by atoms with van der Waals surface area (Å²) in [5, 5.41) is 31.4. The molecule has 154 valence electrons. The molecule has 0 spiro atoms. The van der Waals surface area contributed by atoms with E-state index in [9.17, 15) is 20.1 Å². The molecule has 0 heterocycles. The summed E-state index contributed by atoms with van der Waals surface area (Å²) in [5.74, 6) is 0.482. The van der Waals surface area contributed by atoms with E-state index in [0.29, 0.717) is 24.7 Å². The van der Waals surface area contributed by atoms with Crippen molar-refractivity contribution in [2.45, 2.75) is 82.5 Å². The van der Waals surface area contributed by atoms with Gasteiger partial charge in [-0.05, 0) is 74.0 Å². The number of carbonyl (C=O) groups excluding carboxylic acids is 1. The SMILES string of the molecule is CC(=O)O[C@H]1[C@H](Cl)CC2C3C(CC[C@@]21CO)[C@@]1(C)CC[C@H](O)CC1C[C@@H]3O. The minimum atomic E-state index is -0.544. The third-order valence-corrected chi connectivity index (χ3v) is 9.28. The Morgan fingerprint density at radius 2 is 1.89 bits per heavy atom. The second-order valence-corrected chi connectivity index (χ2v) is 10.5. The summed E-state index contributed by atoms with van der Waals surface area (Å²) < 4.78 is 5.60. The van der Waals surface area contributed by atoms with Gasteiger partial charge < -0.3 is 20.1 Å². The van der Waals surface area contributed by atoms with Gasteiger partial charge in [0.2, 0.25) is 0 Å². The molecule has 0 aromatic rings. The van der Waals surface area contributed by atoms with Crippen molar-refractivity contribution in [2.24, 2.45) is 34.5 Å². The lowest BCUT2D eigenvalue weighted by molar-refractivity contribution is -0.194. The zero-order chi connectivity index (χ0) is 19.6. The van der Waals surface area contributed by atoms with E-state index in [1.807, 2.05) is 0 Å². The molecule has 4 aliphatic rings. The first-order chi connectivity index (χ1) is 12.7. The maximum atomic E-state index is 11.7. The topological polar surface area (TPSA) is 87.0 Å². The number of halogens is 1. The zero-order valence-corrected chi connectivity index (χ0v) is 17.1. The second-order valence-electron chi connectivity index (χ2n) is 9.94. The maximum Gasteiger partial charge on any atom is 0.302 e. The second kappa shape index (κ2) is 6.86. The lowest BCUT2D eigenvalue weighted by atomic mass is 9.44. The number of hydrogen-bond acceptors (Lipinski definition) is 5. The Labute approximate surface area is 166 Å². The van der Waals surface area contributed by atoms with Crippen molar-refractivity contribution in [1.82, 2.24) is 0 Å². The van der Waals surface area contributed by atoms with E-state index in [1.54, 1.807) is 0 Å². The van der Waals surface area contributed by atoms with Gasteiger partial charge >= 0.3 is 5.97 Å². The van der Waals surface area contributed by atoms with Crippen molar-refractivity contribution < 1.29 is 24.9 Å². The first-order valence-electron chi connectivity index (χ1n) is 10.5. The molecule has 0 saturated heterocycles. The molecule has 3 N–H and O–H groups in total. The van der Waals surface area contributed by atoms with Gasteiger partial charge in [-0.25, -0.2) is 0 Å². The fourth-order valence-corrected chi connectivity index (χ4v) is 8.09. The number of rotatable bonds is 2. The van der Waals surface area contributed by atoms with E-state index in [1.165, 1.54) is 6.92 Å². The number of aliphatic hydroxyl groups is 3. The highest BCUT2D eigenvalue weighted by Crippen LogP contribution is 2.67. The van der Waals surface area contributed by atoms with Crippen molar-refractivity contribution in [3.05, 3.63) is 0 Å². The molecule has 0 bridgehead atoms. The standard InChI is InChI=1S/C21H33ClO5/c1-11(24)27-19-16(22)9-15-18-14(4-6-21(15,19)10-23)20(2)5-3-13(25)7-12(20)8-17(18)26/h12-19,23,25-26H,3-10H2,1-2H3/t12?,13-,14?,15?,16+,17-,18?,19-,20-,21+/m0/s1. The molecule has 4 saturated carbocycles. The van der Waals surface area contributed by atoms with Crippen LogP contribution in [0.15, 0.2) is 0 Å². The van der Waals surface area contributed by atoms with Crippen LogP contribution >= 0.6 is 11.6 Å². The number of esters is 1. The lowest BCUT2D eigenvalue weighted by Crippen LogP contribution is -2.60. The summed E-state index contributed by atoms with van der Waals surface area (Å²) in [6, 6.07) is 0. The Balaban J connectivity index is 1.68. The number of hydrogen-bond donors (Lipinski definition) is 3. The van der Waals surface area contributed by atoms with E-state index in [0.717, 1.165) is 32.1 Å². The molecule has 6 heteroatoms. The summed E-state index contributed by atoms with van der Waals surface area (Å²) in [6.45, 7) is 3.67. The highest BCUT2D eigenvalue weighted by molar-refractivity contribution is 6.21. The minimum Gasteiger partial charge on any atom is -0.460 e. The van der Waals surface area contributed by atoms with Crippen molar-refractivity contribution in [2.75, 3.05) is 6.61 Å². The van der Waals surface area contributed by atoms with Gasteiger partial charge in [0.05, 0.1) is 24.2 Å². The quantitative estimate of drug-likeness (QED) is 0.489. The van der Waals surface area contributed by atoms with Gasteiger partial charge in [-0.3, -0.25) is 4.79 Å². The highest BCUT2D eigenvalue weighted by atomic mass is 35.5. The zero-order valence-electron chi connectivity index (χ0n) is 16.3. The van der Waals surface area contributed by atoms with E-state index in [-0.39, 0.29) is 41.3 Å². The van der Waals surface area contributed by atoms with Crippen LogP contribution in [-0.2, 0) is 9.53 Å². The van der Waals surface area contributed by atoms with Crippen molar-refractivity contribution in [3.63, 3.8) is 0 Å². The Morgan fingerprint density at radius 1 is 1.15 bits per heavy atom. The van der Waals surface area contributed by atoms with Crippen LogP contribution in [0.25, 0.3) is 0 Å². The van der Waals surface area contributed by atoms with Crippen LogP contribution in [0.2, 0.25) is 0 Å². The molecular weight excluding hydrogens is 368 g/mol. The third-order valence-electron chi connectivity index (χ3n) is 8.87. The summed E-state index contributed by atoms with van der Waals surface area (Å²) in [4.78, 5) is 11.7. The smallest absolute Gasteiger partial charge is 0.302 e. The molecule has 4 fully saturated rings. The molecule has 27 heavy (non-hydrogen) atoms. The maximum absolute atomic E-state index is 11.7. The number of alkyl halides is 1. The molecule has 4 aliphatic carbocycles. The van der Waals surface area contributed by atoms with Gasteiger partial charge in [0.25, 0.3) is 0 Å². The Morgan fingerprint density at radius 3 is 2.56 bits per heavy atom.